The molecule has 4 fully saturated rings. The normalized spacial score (nSPS) is 30.6. The summed E-state index contributed by atoms with van der Waals surface area (Å²) in [7, 11) is 4.21. The molecule has 262 valence electrons. The van der Waals surface area contributed by atoms with Crippen molar-refractivity contribution in [1.82, 2.24) is 29.2 Å². The molecule has 1 saturated carbocycles. The van der Waals surface area contributed by atoms with Crippen molar-refractivity contribution in [3.63, 3.8) is 0 Å². The van der Waals surface area contributed by atoms with Gasteiger partial charge >= 0.3 is 0 Å². The molecular weight excluding hydrogens is 644 g/mol. The molecule has 1 aliphatic carbocycles. The van der Waals surface area contributed by atoms with Crippen LogP contribution >= 0.6 is 11.6 Å². The van der Waals surface area contributed by atoms with Gasteiger partial charge in [0.2, 0.25) is 11.8 Å². The van der Waals surface area contributed by atoms with Gasteiger partial charge in [-0.05, 0) is 106 Å². The number of benzene rings is 2. The zero-order valence-corrected chi connectivity index (χ0v) is 30.4. The minimum Gasteiger partial charge on any atom is -0.352 e. The van der Waals surface area contributed by atoms with Crippen LogP contribution in [0.2, 0.25) is 5.02 Å². The van der Waals surface area contributed by atoms with E-state index in [2.05, 4.69) is 68.6 Å². The lowest BCUT2D eigenvalue weighted by atomic mass is 9.94. The fraction of sp³-hybridized carbons (Fsp3) is 0.561. The van der Waals surface area contributed by atoms with Crippen LogP contribution in [0.15, 0.2) is 36.4 Å². The molecule has 3 saturated heterocycles. The summed E-state index contributed by atoms with van der Waals surface area (Å²) in [6.45, 7) is 4.45. The standard InChI is InChI=1S/C41H49ClN6O2/c1-23-4-10-32-30(14-23)40-34-12-8-27(45(34)3)17-36(40)47(32)22-38(49)43-26-7-5-24(15-26)20-46-28-9-13-35(46)41-31-16-25(42)6-11-33(31)48(37(41)18-28)29-19-39(50)44(2)21-29/h4,6,10-11,14,16,24,26-29,34-35H,5,7-9,12-13,15,17-22H2,1-3H3,(H,43,49). The van der Waals surface area contributed by atoms with E-state index in [1.54, 1.807) is 0 Å². The molecule has 0 spiro atoms. The van der Waals surface area contributed by atoms with Crippen LogP contribution in [0.25, 0.3) is 21.8 Å². The molecule has 7 unspecified atom stereocenters. The molecule has 8 nitrogen and oxygen atoms in total. The van der Waals surface area contributed by atoms with E-state index in [-0.39, 0.29) is 23.9 Å². The van der Waals surface area contributed by atoms with Crippen LogP contribution in [0.3, 0.4) is 0 Å². The van der Waals surface area contributed by atoms with Crippen molar-refractivity contribution in [3.05, 3.63) is 69.5 Å². The summed E-state index contributed by atoms with van der Waals surface area (Å²) in [6.07, 6.45) is 10.8. The lowest BCUT2D eigenvalue weighted by Crippen LogP contribution is -2.41. The quantitative estimate of drug-likeness (QED) is 0.244. The summed E-state index contributed by atoms with van der Waals surface area (Å²) in [6, 6.07) is 15.5. The highest BCUT2D eigenvalue weighted by molar-refractivity contribution is 6.31. The number of aryl methyl sites for hydroxylation is 1. The first-order chi connectivity index (χ1) is 24.2. The molecule has 4 aromatic rings. The van der Waals surface area contributed by atoms with Crippen molar-refractivity contribution in [1.29, 1.82) is 0 Å². The maximum absolute atomic E-state index is 13.8. The minimum atomic E-state index is 0.158. The van der Waals surface area contributed by atoms with Gasteiger partial charge < -0.3 is 19.4 Å². The Morgan fingerprint density at radius 3 is 2.44 bits per heavy atom. The Kier molecular flexibility index (Phi) is 7.28. The highest BCUT2D eigenvalue weighted by Gasteiger charge is 2.46. The van der Waals surface area contributed by atoms with Crippen LogP contribution in [-0.4, -0.2) is 81.0 Å². The van der Waals surface area contributed by atoms with E-state index in [4.69, 9.17) is 11.6 Å². The zero-order chi connectivity index (χ0) is 34.0. The van der Waals surface area contributed by atoms with Crippen molar-refractivity contribution >= 4 is 45.2 Å². The number of likely N-dealkylation sites (N-methyl/N-ethyl adjacent to an activating group) is 2. The van der Waals surface area contributed by atoms with Crippen molar-refractivity contribution in [2.75, 3.05) is 27.2 Å². The number of aromatic nitrogens is 2. The summed E-state index contributed by atoms with van der Waals surface area (Å²) in [5.41, 5.74) is 9.49. The minimum absolute atomic E-state index is 0.158. The van der Waals surface area contributed by atoms with Crippen molar-refractivity contribution in [2.24, 2.45) is 5.92 Å². The van der Waals surface area contributed by atoms with E-state index < -0.39 is 0 Å². The molecule has 9 heteroatoms. The summed E-state index contributed by atoms with van der Waals surface area (Å²) >= 11 is 6.62. The topological polar surface area (TPSA) is 65.8 Å². The second kappa shape index (κ2) is 11.6. The molecule has 7 heterocycles. The maximum atomic E-state index is 13.8. The maximum Gasteiger partial charge on any atom is 0.240 e. The number of hydrogen-bond donors (Lipinski definition) is 1. The molecule has 5 aliphatic heterocycles. The van der Waals surface area contributed by atoms with Gasteiger partial charge in [0, 0.05) is 108 Å². The molecule has 50 heavy (non-hydrogen) atoms. The fourth-order valence-electron chi connectivity index (χ4n) is 11.6. The number of nitrogens with zero attached hydrogens (tertiary/aromatic N) is 5. The molecule has 1 N–H and O–H groups in total. The van der Waals surface area contributed by atoms with E-state index in [9.17, 15) is 9.59 Å². The van der Waals surface area contributed by atoms with Gasteiger partial charge in [0.15, 0.2) is 0 Å². The Labute approximate surface area is 299 Å². The molecule has 0 radical (unpaired) electrons. The molecule has 2 aromatic heterocycles. The smallest absolute Gasteiger partial charge is 0.240 e. The summed E-state index contributed by atoms with van der Waals surface area (Å²) in [5.74, 6) is 0.974. The second-order valence-corrected chi connectivity index (χ2v) is 17.1. The van der Waals surface area contributed by atoms with Gasteiger partial charge in [0.05, 0.1) is 6.04 Å². The summed E-state index contributed by atoms with van der Waals surface area (Å²) in [4.78, 5) is 33.6. The van der Waals surface area contributed by atoms with Crippen molar-refractivity contribution < 1.29 is 9.59 Å². The van der Waals surface area contributed by atoms with Crippen LogP contribution < -0.4 is 5.32 Å². The molecule has 7 atom stereocenters. The Bertz CT molecular complexity index is 2060. The third kappa shape index (κ3) is 4.77. The molecule has 2 amide bonds. The zero-order valence-electron chi connectivity index (χ0n) is 29.6. The molecule has 4 bridgehead atoms. The Balaban J connectivity index is 0.855. The number of carbonyl (C=O) groups excluding carboxylic acids is 2. The van der Waals surface area contributed by atoms with Gasteiger partial charge in [0.25, 0.3) is 0 Å². The average molecular weight is 693 g/mol. The lowest BCUT2D eigenvalue weighted by molar-refractivity contribution is -0.126. The molecular formula is C41H49ClN6O2. The molecule has 6 aliphatic rings. The first-order valence-electron chi connectivity index (χ1n) is 19.2. The number of amides is 2. The highest BCUT2D eigenvalue weighted by Crippen LogP contribution is 2.51. The van der Waals surface area contributed by atoms with Crippen molar-refractivity contribution in [3.8, 4) is 0 Å². The number of carbonyl (C=O) groups is 2. The van der Waals surface area contributed by atoms with Crippen LogP contribution in [0.5, 0.6) is 0 Å². The van der Waals surface area contributed by atoms with Crippen LogP contribution in [-0.2, 0) is 29.0 Å². The highest BCUT2D eigenvalue weighted by atomic mass is 35.5. The summed E-state index contributed by atoms with van der Waals surface area (Å²) < 4.78 is 4.87. The lowest BCUT2D eigenvalue weighted by Gasteiger charge is -2.38. The van der Waals surface area contributed by atoms with Gasteiger partial charge in [-0.3, -0.25) is 19.4 Å². The first-order valence-corrected chi connectivity index (χ1v) is 19.5. The van der Waals surface area contributed by atoms with Crippen molar-refractivity contribution in [2.45, 2.75) is 114 Å². The van der Waals surface area contributed by atoms with E-state index in [1.807, 2.05) is 18.0 Å². The van der Waals surface area contributed by atoms with Crippen LogP contribution in [0.1, 0.15) is 97.6 Å². The third-order valence-corrected chi connectivity index (χ3v) is 14.1. The SMILES string of the molecule is Cc1ccc2c(c1)c1c(n2CC(=O)NC2CCC(CN3C4CCC3c3c(n(C5CC(=O)N(C)C5)c5ccc(Cl)cc35)C4)C2)CC2CCC1N2C. The number of hydrogen-bond acceptors (Lipinski definition) is 4. The molecule has 10 rings (SSSR count). The molecule has 2 aromatic carbocycles. The largest absolute Gasteiger partial charge is 0.352 e. The van der Waals surface area contributed by atoms with E-state index in [0.717, 1.165) is 50.2 Å². The van der Waals surface area contributed by atoms with E-state index in [0.29, 0.717) is 43.1 Å². The van der Waals surface area contributed by atoms with Gasteiger partial charge in [-0.25, -0.2) is 0 Å². The van der Waals surface area contributed by atoms with Gasteiger partial charge in [-0.1, -0.05) is 23.2 Å². The van der Waals surface area contributed by atoms with Gasteiger partial charge in [0.1, 0.15) is 6.54 Å². The van der Waals surface area contributed by atoms with Crippen LogP contribution in [0, 0.1) is 12.8 Å². The number of fused-ring (bicyclic) bond motifs is 12. The number of halogens is 1. The monoisotopic (exact) mass is 692 g/mol. The average Bonchev–Trinajstić information content (AvgIpc) is 3.90. The van der Waals surface area contributed by atoms with E-state index >= 15 is 0 Å². The number of rotatable bonds is 6. The third-order valence-electron chi connectivity index (χ3n) is 13.9. The predicted octanol–water partition coefficient (Wildman–Crippen LogP) is 6.70. The number of nitrogens with one attached hydrogen (secondary N) is 1. The Morgan fingerprint density at radius 1 is 0.840 bits per heavy atom. The Hall–Kier alpha value is -3.33. The van der Waals surface area contributed by atoms with Gasteiger partial charge in [-0.15, -0.1) is 0 Å². The fourth-order valence-corrected chi connectivity index (χ4v) is 11.7. The summed E-state index contributed by atoms with van der Waals surface area (Å²) in [5, 5.41) is 6.90. The van der Waals surface area contributed by atoms with Crippen LogP contribution in [0.4, 0.5) is 0 Å². The van der Waals surface area contributed by atoms with Gasteiger partial charge in [-0.2, -0.15) is 0 Å². The first kappa shape index (κ1) is 31.4. The second-order valence-electron chi connectivity index (χ2n) is 16.7. The Morgan fingerprint density at radius 2 is 1.60 bits per heavy atom. The number of likely N-dealkylation sites (tertiary alicyclic amines) is 1. The van der Waals surface area contributed by atoms with E-state index in [1.165, 1.54) is 75.6 Å². The predicted molar refractivity (Wildman–Crippen MR) is 198 cm³/mol.